The first-order valence-electron chi connectivity index (χ1n) is 8.90. The zero-order valence-electron chi connectivity index (χ0n) is 17.2. The van der Waals surface area contributed by atoms with E-state index in [1.165, 1.54) is 12.7 Å². The van der Waals surface area contributed by atoms with E-state index in [0.29, 0.717) is 5.57 Å². The van der Waals surface area contributed by atoms with E-state index in [1.807, 2.05) is 36.4 Å². The number of carbonyl (C=O) groups is 3. The third-order valence-electron chi connectivity index (χ3n) is 2.97. The third-order valence-corrected chi connectivity index (χ3v) is 2.97. The number of benzene rings is 1. The van der Waals surface area contributed by atoms with Gasteiger partial charge in [0.05, 0.1) is 13.7 Å². The summed E-state index contributed by atoms with van der Waals surface area (Å²) in [6.45, 7) is 12.5. The van der Waals surface area contributed by atoms with Crippen LogP contribution in [0, 0.1) is 0 Å². The second-order valence-electron chi connectivity index (χ2n) is 5.44. The lowest BCUT2D eigenvalue weighted by atomic mass is 10.2. The summed E-state index contributed by atoms with van der Waals surface area (Å²) >= 11 is 0. The topological polar surface area (TPSA) is 102 Å². The molecule has 7 nitrogen and oxygen atoms in total. The average molecular weight is 405 g/mol. The van der Waals surface area contributed by atoms with E-state index in [-0.39, 0.29) is 25.1 Å². The number of carbonyl (C=O) groups excluding carboxylic acids is 3. The van der Waals surface area contributed by atoms with E-state index >= 15 is 0 Å². The molecule has 1 aliphatic rings. The second kappa shape index (κ2) is 19.6. The maximum Gasteiger partial charge on any atom is 0.332 e. The highest BCUT2D eigenvalue weighted by atomic mass is 16.5. The van der Waals surface area contributed by atoms with Crippen molar-refractivity contribution in [3.8, 4) is 0 Å². The minimum Gasteiger partial charge on any atom is -0.466 e. The molecule has 2 N–H and O–H groups in total. The number of rotatable bonds is 5. The zero-order valence-corrected chi connectivity index (χ0v) is 17.2. The number of aliphatic hydroxyl groups is 1. The molecule has 7 heteroatoms. The van der Waals surface area contributed by atoms with Crippen molar-refractivity contribution in [3.63, 3.8) is 0 Å². The van der Waals surface area contributed by atoms with Crippen LogP contribution in [0.15, 0.2) is 61.7 Å². The van der Waals surface area contributed by atoms with Crippen molar-refractivity contribution in [1.82, 2.24) is 5.32 Å². The molecule has 1 aromatic rings. The van der Waals surface area contributed by atoms with E-state index in [2.05, 4.69) is 34.5 Å². The molecular weight excluding hydrogens is 374 g/mol. The van der Waals surface area contributed by atoms with Crippen molar-refractivity contribution in [2.75, 3.05) is 26.9 Å². The van der Waals surface area contributed by atoms with Gasteiger partial charge in [-0.05, 0) is 18.9 Å². The lowest BCUT2D eigenvalue weighted by Crippen LogP contribution is -2.12. The molecule has 1 fully saturated rings. The zero-order chi connectivity index (χ0) is 22.5. The predicted octanol–water partition coefficient (Wildman–Crippen LogP) is 2.67. The smallest absolute Gasteiger partial charge is 0.332 e. The Morgan fingerprint density at radius 1 is 1.24 bits per heavy atom. The van der Waals surface area contributed by atoms with E-state index in [9.17, 15) is 14.4 Å². The fraction of sp³-hybridized carbons (Fsp3) is 0.318. The molecule has 0 spiro atoms. The summed E-state index contributed by atoms with van der Waals surface area (Å²) in [4.78, 5) is 30.4. The van der Waals surface area contributed by atoms with Crippen LogP contribution in [-0.4, -0.2) is 49.8 Å². The number of amides is 1. The van der Waals surface area contributed by atoms with Gasteiger partial charge in [0.25, 0.3) is 0 Å². The maximum atomic E-state index is 10.2. The number of hydrogen-bond acceptors (Lipinski definition) is 6. The van der Waals surface area contributed by atoms with Crippen molar-refractivity contribution in [1.29, 1.82) is 0 Å². The van der Waals surface area contributed by atoms with Crippen LogP contribution >= 0.6 is 0 Å². The van der Waals surface area contributed by atoms with E-state index in [0.717, 1.165) is 25.5 Å². The van der Waals surface area contributed by atoms with Crippen LogP contribution < -0.4 is 5.32 Å². The SMILES string of the molecule is C=C(C)C(=O)OC.C=CC(=O)OCCO.C=Cc1ccccc1.O=C1CCCN1. The second-order valence-corrected chi connectivity index (χ2v) is 5.44. The van der Waals surface area contributed by atoms with Gasteiger partial charge < -0.3 is 19.9 Å². The lowest BCUT2D eigenvalue weighted by Gasteiger charge is -1.94. The van der Waals surface area contributed by atoms with Gasteiger partial charge in [-0.2, -0.15) is 0 Å². The van der Waals surface area contributed by atoms with Crippen molar-refractivity contribution in [2.24, 2.45) is 0 Å². The summed E-state index contributed by atoms with van der Waals surface area (Å²) in [5.41, 5.74) is 1.61. The Morgan fingerprint density at radius 3 is 2.10 bits per heavy atom. The van der Waals surface area contributed by atoms with Gasteiger partial charge in [0.15, 0.2) is 0 Å². The molecule has 1 aromatic carbocycles. The van der Waals surface area contributed by atoms with Gasteiger partial charge in [0.1, 0.15) is 6.61 Å². The number of esters is 2. The molecule has 1 heterocycles. The molecule has 29 heavy (non-hydrogen) atoms. The Morgan fingerprint density at radius 2 is 1.86 bits per heavy atom. The van der Waals surface area contributed by atoms with Gasteiger partial charge in [-0.3, -0.25) is 4.79 Å². The summed E-state index contributed by atoms with van der Waals surface area (Å²) in [7, 11) is 1.33. The summed E-state index contributed by atoms with van der Waals surface area (Å²) < 4.78 is 8.61. The van der Waals surface area contributed by atoms with Gasteiger partial charge >= 0.3 is 11.9 Å². The van der Waals surface area contributed by atoms with Crippen LogP contribution in [0.1, 0.15) is 25.3 Å². The Labute approximate surface area is 172 Å². The normalized spacial score (nSPS) is 10.8. The first-order valence-corrected chi connectivity index (χ1v) is 8.90. The van der Waals surface area contributed by atoms with Gasteiger partial charge in [-0.15, -0.1) is 0 Å². The molecule has 0 aromatic heterocycles. The number of methoxy groups -OCH3 is 1. The first kappa shape index (κ1) is 28.0. The van der Waals surface area contributed by atoms with Gasteiger partial charge in [-0.25, -0.2) is 9.59 Å². The number of ether oxygens (including phenoxy) is 2. The Kier molecular flexibility index (Phi) is 18.9. The van der Waals surface area contributed by atoms with Crippen molar-refractivity contribution >= 4 is 23.9 Å². The van der Waals surface area contributed by atoms with Crippen molar-refractivity contribution < 1.29 is 29.0 Å². The van der Waals surface area contributed by atoms with Gasteiger partial charge in [0, 0.05) is 24.6 Å². The molecule has 0 atom stereocenters. The van der Waals surface area contributed by atoms with E-state index in [1.54, 1.807) is 6.92 Å². The van der Waals surface area contributed by atoms with Crippen LogP contribution in [0.2, 0.25) is 0 Å². The van der Waals surface area contributed by atoms with E-state index in [4.69, 9.17) is 5.11 Å². The minimum absolute atomic E-state index is 0.0465. The molecule has 0 saturated carbocycles. The summed E-state index contributed by atoms with van der Waals surface area (Å²) in [5, 5.41) is 10.8. The van der Waals surface area contributed by atoms with Gasteiger partial charge in [-0.1, -0.05) is 56.1 Å². The standard InChI is InChI=1S/C8H8.C5H8O3.C5H8O2.C4H7NO/c1-2-8-6-4-3-5-7-8;1-2-5(7)8-4-3-6;1-4(2)5(6)7-3;6-4-2-1-3-5-4/h2-7H,1H2;2,6H,1,3-4H2;1H2,2-3H3;1-3H2,(H,5,6). The fourth-order valence-corrected chi connectivity index (χ4v) is 1.53. The van der Waals surface area contributed by atoms with Crippen molar-refractivity contribution in [3.05, 3.63) is 67.3 Å². The largest absolute Gasteiger partial charge is 0.466 e. The summed E-state index contributed by atoms with van der Waals surface area (Å²) in [5.74, 6) is -0.644. The summed E-state index contributed by atoms with van der Waals surface area (Å²) in [6.07, 6.45) is 4.65. The molecule has 0 unspecified atom stereocenters. The number of hydrogen-bond donors (Lipinski definition) is 2. The highest BCUT2D eigenvalue weighted by Gasteiger charge is 2.05. The van der Waals surface area contributed by atoms with Crippen LogP contribution in [0.25, 0.3) is 6.08 Å². The first-order chi connectivity index (χ1) is 13.8. The fourth-order valence-electron chi connectivity index (χ4n) is 1.53. The van der Waals surface area contributed by atoms with Gasteiger partial charge in [0.2, 0.25) is 5.91 Å². The molecule has 1 amide bonds. The molecular formula is C22H31NO6. The highest BCUT2D eigenvalue weighted by Crippen LogP contribution is 1.97. The Hall–Kier alpha value is -3.19. The molecule has 0 radical (unpaired) electrons. The Balaban J connectivity index is 0. The minimum atomic E-state index is -0.501. The molecule has 0 bridgehead atoms. The average Bonchev–Trinajstić information content (AvgIpc) is 3.24. The predicted molar refractivity (Wildman–Crippen MR) is 114 cm³/mol. The number of nitrogens with one attached hydrogen (secondary N) is 1. The van der Waals surface area contributed by atoms with Crippen LogP contribution in [0.5, 0.6) is 0 Å². The molecule has 160 valence electrons. The van der Waals surface area contributed by atoms with Crippen LogP contribution in [-0.2, 0) is 23.9 Å². The van der Waals surface area contributed by atoms with Crippen LogP contribution in [0.3, 0.4) is 0 Å². The lowest BCUT2D eigenvalue weighted by molar-refractivity contribution is -0.138. The molecule has 1 saturated heterocycles. The van der Waals surface area contributed by atoms with Crippen molar-refractivity contribution in [2.45, 2.75) is 19.8 Å². The number of aliphatic hydroxyl groups excluding tert-OH is 1. The van der Waals surface area contributed by atoms with E-state index < -0.39 is 5.97 Å². The quantitative estimate of drug-likeness (QED) is 0.577. The Bertz CT molecular complexity index is 632. The monoisotopic (exact) mass is 405 g/mol. The molecule has 0 aliphatic carbocycles. The van der Waals surface area contributed by atoms with Crippen LogP contribution in [0.4, 0.5) is 0 Å². The molecule has 1 aliphatic heterocycles. The third kappa shape index (κ3) is 19.4. The highest BCUT2D eigenvalue weighted by molar-refractivity contribution is 5.86. The maximum absolute atomic E-state index is 10.2. The summed E-state index contributed by atoms with van der Waals surface area (Å²) in [6, 6.07) is 10.0. The molecule has 2 rings (SSSR count).